The Kier molecular flexibility index (Phi) is 4.45. The van der Waals surface area contributed by atoms with Crippen LogP contribution in [0.1, 0.15) is 0 Å². The van der Waals surface area contributed by atoms with Gasteiger partial charge in [0.25, 0.3) is 0 Å². The second-order valence-electron chi connectivity index (χ2n) is 5.85. The molecule has 0 saturated carbocycles. The molecule has 0 spiro atoms. The summed E-state index contributed by atoms with van der Waals surface area (Å²) in [5.41, 5.74) is 1.73. The molecule has 1 aliphatic rings. The van der Waals surface area contributed by atoms with E-state index in [1.807, 2.05) is 43.4 Å². The van der Waals surface area contributed by atoms with Crippen LogP contribution < -0.4 is 19.5 Å². The topological polar surface area (TPSA) is 74.7 Å². The van der Waals surface area contributed by atoms with Crippen LogP contribution in [0, 0.1) is 0 Å². The van der Waals surface area contributed by atoms with Crippen molar-refractivity contribution >= 4 is 16.6 Å². The molecule has 7 heteroatoms. The highest BCUT2D eigenvalue weighted by atomic mass is 16.6. The van der Waals surface area contributed by atoms with Gasteiger partial charge in [-0.1, -0.05) is 0 Å². The number of hydrogen-bond acceptors (Lipinski definition) is 7. The third-order valence-corrected chi connectivity index (χ3v) is 4.14. The second-order valence-corrected chi connectivity index (χ2v) is 5.85. The van der Waals surface area contributed by atoms with E-state index >= 15 is 0 Å². The fraction of sp³-hybridized carbons (Fsp3) is 0.263. The number of hydrogen-bond donors (Lipinski definition) is 1. The average molecular weight is 353 g/mol. The molecule has 0 amide bonds. The lowest BCUT2D eigenvalue weighted by Crippen LogP contribution is -2.38. The van der Waals surface area contributed by atoms with E-state index in [1.165, 1.54) is 6.33 Å². The zero-order chi connectivity index (χ0) is 17.9. The van der Waals surface area contributed by atoms with Gasteiger partial charge in [0, 0.05) is 18.8 Å². The summed E-state index contributed by atoms with van der Waals surface area (Å²) in [6, 6.07) is 11.3. The summed E-state index contributed by atoms with van der Waals surface area (Å²) in [5, 5.41) is 3.82. The molecule has 2 heterocycles. The van der Waals surface area contributed by atoms with Crippen LogP contribution >= 0.6 is 0 Å². The normalized spacial score (nSPS) is 13.9. The number of fused-ring (bicyclic) bond motifs is 1. The van der Waals surface area contributed by atoms with Crippen LogP contribution in [0.25, 0.3) is 10.9 Å². The quantitative estimate of drug-likeness (QED) is 0.729. The summed E-state index contributed by atoms with van der Waals surface area (Å²) >= 11 is 0. The standard InChI is InChI=1S/C19H19N3O4/c1-20-12-3-5-13(6-4-12)26-19-15-7-17(23-2)18(25-14-9-24-10-14)8-16(15)21-11-22-19/h3-8,11,14,20H,9-10H2,1-2H3. The predicted octanol–water partition coefficient (Wildman–Crippen LogP) is 3.25. The minimum absolute atomic E-state index is 0.0459. The van der Waals surface area contributed by atoms with Crippen molar-refractivity contribution in [3.63, 3.8) is 0 Å². The Morgan fingerprint density at radius 2 is 1.88 bits per heavy atom. The Balaban J connectivity index is 1.68. The smallest absolute Gasteiger partial charge is 0.230 e. The Bertz CT molecular complexity index is 911. The van der Waals surface area contributed by atoms with Crippen molar-refractivity contribution < 1.29 is 18.9 Å². The average Bonchev–Trinajstić information content (AvgIpc) is 2.65. The molecule has 1 fully saturated rings. The van der Waals surface area contributed by atoms with Crippen LogP contribution in [-0.2, 0) is 4.74 Å². The molecular weight excluding hydrogens is 334 g/mol. The molecule has 0 radical (unpaired) electrons. The van der Waals surface area contributed by atoms with Crippen molar-refractivity contribution in [2.45, 2.75) is 6.10 Å². The van der Waals surface area contributed by atoms with E-state index in [9.17, 15) is 0 Å². The first-order valence-corrected chi connectivity index (χ1v) is 8.29. The Morgan fingerprint density at radius 1 is 1.08 bits per heavy atom. The lowest BCUT2D eigenvalue weighted by molar-refractivity contribution is -0.0802. The molecule has 0 bridgehead atoms. The fourth-order valence-electron chi connectivity index (χ4n) is 2.64. The predicted molar refractivity (Wildman–Crippen MR) is 97.4 cm³/mol. The first-order valence-electron chi connectivity index (χ1n) is 8.29. The second kappa shape index (κ2) is 7.05. The van der Waals surface area contributed by atoms with Gasteiger partial charge in [-0.3, -0.25) is 0 Å². The van der Waals surface area contributed by atoms with E-state index < -0.39 is 0 Å². The van der Waals surface area contributed by atoms with Crippen LogP contribution in [-0.4, -0.2) is 43.4 Å². The molecule has 134 valence electrons. The molecule has 1 aliphatic heterocycles. The first-order chi connectivity index (χ1) is 12.8. The number of methoxy groups -OCH3 is 1. The van der Waals surface area contributed by atoms with Crippen molar-refractivity contribution in [1.82, 2.24) is 9.97 Å². The lowest BCUT2D eigenvalue weighted by atomic mass is 10.2. The van der Waals surface area contributed by atoms with Crippen LogP contribution in [0.4, 0.5) is 5.69 Å². The van der Waals surface area contributed by atoms with Gasteiger partial charge in [0.1, 0.15) is 18.2 Å². The van der Waals surface area contributed by atoms with Crippen molar-refractivity contribution in [1.29, 1.82) is 0 Å². The highest BCUT2D eigenvalue weighted by Crippen LogP contribution is 2.37. The summed E-state index contributed by atoms with van der Waals surface area (Å²) in [6.07, 6.45) is 1.52. The number of benzene rings is 2. The molecule has 1 aromatic heterocycles. The maximum absolute atomic E-state index is 5.95. The van der Waals surface area contributed by atoms with Crippen molar-refractivity contribution in [2.75, 3.05) is 32.7 Å². The third-order valence-electron chi connectivity index (χ3n) is 4.14. The van der Waals surface area contributed by atoms with Crippen LogP contribution in [0.5, 0.6) is 23.1 Å². The van der Waals surface area contributed by atoms with Crippen LogP contribution in [0.15, 0.2) is 42.7 Å². The van der Waals surface area contributed by atoms with Gasteiger partial charge in [0.15, 0.2) is 11.5 Å². The maximum Gasteiger partial charge on any atom is 0.230 e. The largest absolute Gasteiger partial charge is 0.493 e. The molecule has 7 nitrogen and oxygen atoms in total. The van der Waals surface area contributed by atoms with Gasteiger partial charge in [0.05, 0.1) is 31.2 Å². The zero-order valence-electron chi connectivity index (χ0n) is 14.6. The number of rotatable bonds is 6. The van der Waals surface area contributed by atoms with Crippen LogP contribution in [0.3, 0.4) is 0 Å². The highest BCUT2D eigenvalue weighted by Gasteiger charge is 2.22. The van der Waals surface area contributed by atoms with E-state index in [2.05, 4.69) is 15.3 Å². The SMILES string of the molecule is CNc1ccc(Oc2ncnc3cc(OC4COC4)c(OC)cc23)cc1. The number of anilines is 1. The Labute approximate surface area is 150 Å². The van der Waals surface area contributed by atoms with E-state index in [-0.39, 0.29) is 6.10 Å². The zero-order valence-corrected chi connectivity index (χ0v) is 14.6. The molecule has 4 rings (SSSR count). The molecule has 0 atom stereocenters. The van der Waals surface area contributed by atoms with E-state index in [0.717, 1.165) is 16.6 Å². The molecule has 1 N–H and O–H groups in total. The van der Waals surface area contributed by atoms with Gasteiger partial charge in [-0.05, 0) is 30.3 Å². The highest BCUT2D eigenvalue weighted by molar-refractivity contribution is 5.87. The minimum atomic E-state index is 0.0459. The van der Waals surface area contributed by atoms with Gasteiger partial charge in [-0.2, -0.15) is 0 Å². The molecular formula is C19H19N3O4. The number of aromatic nitrogens is 2. The molecule has 3 aromatic rings. The number of nitrogens with one attached hydrogen (secondary N) is 1. The monoisotopic (exact) mass is 353 g/mol. The van der Waals surface area contributed by atoms with E-state index in [1.54, 1.807) is 7.11 Å². The van der Waals surface area contributed by atoms with Crippen molar-refractivity contribution in [3.05, 3.63) is 42.7 Å². The van der Waals surface area contributed by atoms with Gasteiger partial charge in [-0.15, -0.1) is 0 Å². The summed E-state index contributed by atoms with van der Waals surface area (Å²) in [4.78, 5) is 8.60. The van der Waals surface area contributed by atoms with Crippen molar-refractivity contribution in [2.24, 2.45) is 0 Å². The molecule has 0 aliphatic carbocycles. The third kappa shape index (κ3) is 3.21. The summed E-state index contributed by atoms with van der Waals surface area (Å²) < 4.78 is 22.5. The molecule has 0 unspecified atom stereocenters. The lowest BCUT2D eigenvalue weighted by Gasteiger charge is -2.27. The summed E-state index contributed by atoms with van der Waals surface area (Å²) in [5.74, 6) is 2.39. The van der Waals surface area contributed by atoms with E-state index in [0.29, 0.717) is 36.3 Å². The minimum Gasteiger partial charge on any atom is -0.493 e. The van der Waals surface area contributed by atoms with Gasteiger partial charge < -0.3 is 24.3 Å². The van der Waals surface area contributed by atoms with Crippen molar-refractivity contribution in [3.8, 4) is 23.1 Å². The Morgan fingerprint density at radius 3 is 2.54 bits per heavy atom. The molecule has 2 aromatic carbocycles. The van der Waals surface area contributed by atoms with Gasteiger partial charge in [-0.25, -0.2) is 9.97 Å². The van der Waals surface area contributed by atoms with Gasteiger partial charge >= 0.3 is 0 Å². The first kappa shape index (κ1) is 16.4. The van der Waals surface area contributed by atoms with E-state index in [4.69, 9.17) is 18.9 Å². The Hall–Kier alpha value is -3.06. The van der Waals surface area contributed by atoms with Gasteiger partial charge in [0.2, 0.25) is 5.88 Å². The number of nitrogens with zero attached hydrogens (tertiary/aromatic N) is 2. The summed E-state index contributed by atoms with van der Waals surface area (Å²) in [6.45, 7) is 1.17. The summed E-state index contributed by atoms with van der Waals surface area (Å²) in [7, 11) is 3.47. The molecule has 26 heavy (non-hydrogen) atoms. The fourth-order valence-corrected chi connectivity index (χ4v) is 2.64. The number of ether oxygens (including phenoxy) is 4. The molecule has 1 saturated heterocycles. The maximum atomic E-state index is 5.95. The van der Waals surface area contributed by atoms with Crippen LogP contribution in [0.2, 0.25) is 0 Å².